The van der Waals surface area contributed by atoms with Crippen LogP contribution in [0.5, 0.6) is 0 Å². The van der Waals surface area contributed by atoms with Crippen LogP contribution in [0.1, 0.15) is 50.7 Å². The number of aromatic nitrogens is 4. The Kier molecular flexibility index (Phi) is 23.1. The number of hydrogen-bond donors (Lipinski definition) is 2. The molecule has 4 aromatic carbocycles. The molecule has 8 rings (SSSR count). The van der Waals surface area contributed by atoms with Crippen molar-refractivity contribution < 1.29 is 36.0 Å². The van der Waals surface area contributed by atoms with E-state index in [1.807, 2.05) is 38.4 Å². The molecule has 2 aliphatic rings. The second kappa shape index (κ2) is 28.4. The Balaban J connectivity index is 0.000000282. The summed E-state index contributed by atoms with van der Waals surface area (Å²) in [6, 6.07) is 34.9. The molecule has 0 unspecified atom stereocenters. The maximum atomic E-state index is 13.1. The first-order valence-electron chi connectivity index (χ1n) is 23.8. The van der Waals surface area contributed by atoms with Gasteiger partial charge in [0.15, 0.2) is 0 Å². The highest BCUT2D eigenvalue weighted by Crippen LogP contribution is 2.25. The van der Waals surface area contributed by atoms with Gasteiger partial charge in [-0.3, -0.25) is 33.2 Å². The molecule has 74 heavy (non-hydrogen) atoms. The van der Waals surface area contributed by atoms with Gasteiger partial charge in [0, 0.05) is 107 Å². The van der Waals surface area contributed by atoms with Gasteiger partial charge in [-0.25, -0.2) is 36.4 Å². The Morgan fingerprint density at radius 2 is 0.959 bits per heavy atom. The lowest BCUT2D eigenvalue weighted by Gasteiger charge is -2.36. The van der Waals surface area contributed by atoms with E-state index < -0.39 is 20.0 Å². The Hall–Kier alpha value is -6.29. The van der Waals surface area contributed by atoms with Crippen molar-refractivity contribution in [2.24, 2.45) is 0 Å². The Morgan fingerprint density at radius 1 is 0.595 bits per heavy atom. The van der Waals surface area contributed by atoms with Crippen LogP contribution in [-0.2, 0) is 42.7 Å². The molecule has 2 aliphatic heterocycles. The van der Waals surface area contributed by atoms with Crippen LogP contribution in [0.25, 0.3) is 22.5 Å². The fourth-order valence-corrected chi connectivity index (χ4v) is 9.67. The number of anilines is 2. The van der Waals surface area contributed by atoms with Crippen molar-refractivity contribution in [1.82, 2.24) is 38.7 Å². The SMILES string of the molecule is CCOC(C)=O.CN(C(=O)n1cnc(-c2cccc(NS(C)(=O)=O)c2)c1)C1CCN(Cc2ccccc2)CC1.CN(C(=O)n1cnc(-c2cccc(NS(C)(=O)=O)c2)c1)C1CCN(Cc2ccccc2)CC1.Cl.Cl. The number of nitrogens with zero attached hydrogens (tertiary/aromatic N) is 8. The van der Waals surface area contributed by atoms with E-state index in [1.165, 1.54) is 39.8 Å². The molecule has 2 amide bonds. The van der Waals surface area contributed by atoms with Crippen molar-refractivity contribution in [3.05, 3.63) is 145 Å². The molecule has 6 aromatic rings. The number of carbonyl (C=O) groups is 3. The van der Waals surface area contributed by atoms with Gasteiger partial charge in [0.1, 0.15) is 12.7 Å². The van der Waals surface area contributed by atoms with Crippen LogP contribution in [0.15, 0.2) is 134 Å². The first-order chi connectivity index (χ1) is 34.3. The molecular weight excluding hydrogens is 1030 g/mol. The number of likely N-dealkylation sites (tertiary alicyclic amines) is 2. The standard InChI is InChI=1S/2C24H29N5O3S.C4H8O2.2ClH/c2*1-27(22-11-13-28(14-12-22)16-19-7-4-3-5-8-19)24(30)29-17-23(25-18-29)20-9-6-10-21(15-20)26-33(2,31)32;1-3-6-4(2)5;;/h2*3-10,15,17-18,22,26H,11-14,16H2,1-2H3;3H2,1-2H3;2*1H. The van der Waals surface area contributed by atoms with Crippen molar-refractivity contribution >= 4 is 74.3 Å². The Morgan fingerprint density at radius 3 is 1.27 bits per heavy atom. The van der Waals surface area contributed by atoms with Gasteiger partial charge in [-0.1, -0.05) is 84.9 Å². The number of piperidine rings is 2. The molecule has 18 nitrogen and oxygen atoms in total. The fraction of sp³-hybridized carbons (Fsp3) is 0.365. The molecule has 2 N–H and O–H groups in total. The summed E-state index contributed by atoms with van der Waals surface area (Å²) in [5.41, 5.74) is 6.19. The Bertz CT molecular complexity index is 2760. The first kappa shape index (κ1) is 60.3. The Labute approximate surface area is 448 Å². The highest BCUT2D eigenvalue weighted by atomic mass is 35.5. The van der Waals surface area contributed by atoms with Crippen molar-refractivity contribution in [1.29, 1.82) is 0 Å². The normalized spacial score (nSPS) is 14.3. The third-order valence-electron chi connectivity index (χ3n) is 12.2. The number of carbonyl (C=O) groups excluding carboxylic acids is 3. The van der Waals surface area contributed by atoms with E-state index in [9.17, 15) is 31.2 Å². The van der Waals surface area contributed by atoms with Crippen molar-refractivity contribution in [3.63, 3.8) is 0 Å². The lowest BCUT2D eigenvalue weighted by Crippen LogP contribution is -2.46. The van der Waals surface area contributed by atoms with Gasteiger partial charge in [0.2, 0.25) is 20.0 Å². The maximum absolute atomic E-state index is 13.1. The number of rotatable bonds is 13. The van der Waals surface area contributed by atoms with Gasteiger partial charge >= 0.3 is 18.0 Å². The van der Waals surface area contributed by atoms with Crippen LogP contribution in [0.3, 0.4) is 0 Å². The molecule has 2 aromatic heterocycles. The summed E-state index contributed by atoms with van der Waals surface area (Å²) >= 11 is 0. The molecule has 400 valence electrons. The van der Waals surface area contributed by atoms with Crippen molar-refractivity contribution in [2.45, 2.75) is 64.7 Å². The molecule has 2 fully saturated rings. The number of benzene rings is 4. The molecule has 0 bridgehead atoms. The topological polar surface area (TPSA) is 201 Å². The lowest BCUT2D eigenvalue weighted by molar-refractivity contribution is -0.140. The molecular formula is C52H68Cl2N10O8S2. The summed E-state index contributed by atoms with van der Waals surface area (Å²) in [4.78, 5) is 53.1. The van der Waals surface area contributed by atoms with E-state index in [-0.39, 0.29) is 54.9 Å². The van der Waals surface area contributed by atoms with Crippen LogP contribution in [0, 0.1) is 0 Å². The summed E-state index contributed by atoms with van der Waals surface area (Å²) in [5, 5.41) is 0. The number of halogens is 2. The molecule has 22 heteroatoms. The highest BCUT2D eigenvalue weighted by molar-refractivity contribution is 7.92. The predicted octanol–water partition coefficient (Wildman–Crippen LogP) is 8.39. The highest BCUT2D eigenvalue weighted by Gasteiger charge is 2.28. The maximum Gasteiger partial charge on any atom is 0.329 e. The molecule has 0 atom stereocenters. The van der Waals surface area contributed by atoms with Gasteiger partial charge in [0.05, 0.1) is 30.5 Å². The fourth-order valence-electron chi connectivity index (χ4n) is 8.56. The quantitative estimate of drug-likeness (QED) is 0.105. The second-order valence-corrected chi connectivity index (χ2v) is 21.4. The average molecular weight is 1100 g/mol. The smallest absolute Gasteiger partial charge is 0.329 e. The van der Waals surface area contributed by atoms with Gasteiger partial charge in [0.25, 0.3) is 0 Å². The number of nitrogens with one attached hydrogen (secondary N) is 2. The minimum Gasteiger partial charge on any atom is -0.466 e. The van der Waals surface area contributed by atoms with E-state index in [2.05, 4.69) is 82.5 Å². The molecule has 0 spiro atoms. The number of hydrogen-bond acceptors (Lipinski definition) is 12. The largest absolute Gasteiger partial charge is 0.466 e. The minimum absolute atomic E-state index is 0. The van der Waals surface area contributed by atoms with Crippen molar-refractivity contribution in [2.75, 3.05) is 68.8 Å². The number of esters is 1. The van der Waals surface area contributed by atoms with E-state index in [1.54, 1.807) is 65.5 Å². The van der Waals surface area contributed by atoms with Gasteiger partial charge in [-0.05, 0) is 68.0 Å². The number of ether oxygens (including phenoxy) is 1. The van der Waals surface area contributed by atoms with Crippen LogP contribution >= 0.6 is 24.8 Å². The van der Waals surface area contributed by atoms with Gasteiger partial charge in [-0.2, -0.15) is 0 Å². The average Bonchev–Trinajstić information content (AvgIpc) is 4.06. The van der Waals surface area contributed by atoms with Crippen LogP contribution in [0.2, 0.25) is 0 Å². The zero-order valence-electron chi connectivity index (χ0n) is 42.6. The molecule has 2 saturated heterocycles. The number of amides is 2. The summed E-state index contributed by atoms with van der Waals surface area (Å²) in [6.45, 7) is 9.32. The molecule has 0 saturated carbocycles. The van der Waals surface area contributed by atoms with E-state index in [0.29, 0.717) is 29.4 Å². The summed E-state index contributed by atoms with van der Waals surface area (Å²) in [5.74, 6) is -0.211. The van der Waals surface area contributed by atoms with Crippen LogP contribution in [-0.4, -0.2) is 145 Å². The number of sulfonamides is 2. The molecule has 0 aliphatic carbocycles. The minimum atomic E-state index is -3.37. The molecule has 4 heterocycles. The van der Waals surface area contributed by atoms with Crippen LogP contribution < -0.4 is 9.44 Å². The van der Waals surface area contributed by atoms with E-state index in [0.717, 1.165) is 88.6 Å². The monoisotopic (exact) mass is 1090 g/mol. The second-order valence-electron chi connectivity index (χ2n) is 17.9. The zero-order valence-corrected chi connectivity index (χ0v) is 45.9. The van der Waals surface area contributed by atoms with Crippen LogP contribution in [0.4, 0.5) is 21.0 Å². The van der Waals surface area contributed by atoms with E-state index >= 15 is 0 Å². The van der Waals surface area contributed by atoms with Gasteiger partial charge < -0.3 is 14.5 Å². The van der Waals surface area contributed by atoms with E-state index in [4.69, 9.17) is 0 Å². The third kappa shape index (κ3) is 18.9. The number of imidazole rings is 2. The van der Waals surface area contributed by atoms with Gasteiger partial charge in [-0.15, -0.1) is 24.8 Å². The summed E-state index contributed by atoms with van der Waals surface area (Å²) in [6.07, 6.45) is 12.3. The molecule has 0 radical (unpaired) electrons. The lowest BCUT2D eigenvalue weighted by atomic mass is 10.0. The summed E-state index contributed by atoms with van der Waals surface area (Å²) in [7, 11) is -3.05. The first-order valence-corrected chi connectivity index (χ1v) is 27.6. The van der Waals surface area contributed by atoms with Crippen molar-refractivity contribution in [3.8, 4) is 22.5 Å². The zero-order chi connectivity index (χ0) is 51.8. The third-order valence-corrected chi connectivity index (χ3v) is 13.4. The predicted molar refractivity (Wildman–Crippen MR) is 296 cm³/mol. The summed E-state index contributed by atoms with van der Waals surface area (Å²) < 4.78 is 58.3.